The second-order valence-electron chi connectivity index (χ2n) is 4.45. The van der Waals surface area contributed by atoms with Gasteiger partial charge in [-0.1, -0.05) is 54.3 Å². The van der Waals surface area contributed by atoms with Gasteiger partial charge in [0.15, 0.2) is 8.68 Å². The van der Waals surface area contributed by atoms with E-state index in [0.29, 0.717) is 5.89 Å². The summed E-state index contributed by atoms with van der Waals surface area (Å²) in [5, 5.41) is 10.5. The molecule has 8 heteroatoms. The fraction of sp³-hybridized carbons (Fsp3) is 0.357. The van der Waals surface area contributed by atoms with Crippen LogP contribution in [0.4, 0.5) is 0 Å². The molecule has 0 bridgehead atoms. The van der Waals surface area contributed by atoms with E-state index >= 15 is 0 Å². The molecule has 116 valence electrons. The largest absolute Gasteiger partial charge is 0.444 e. The zero-order valence-corrected chi connectivity index (χ0v) is 15.3. The summed E-state index contributed by atoms with van der Waals surface area (Å²) in [6.07, 6.45) is 4.16. The molecule has 0 saturated carbocycles. The van der Waals surface area contributed by atoms with Crippen LogP contribution < -0.4 is 0 Å². The Kier molecular flexibility index (Phi) is 5.94. The van der Waals surface area contributed by atoms with Crippen molar-refractivity contribution < 1.29 is 4.42 Å². The molecule has 0 aliphatic rings. The Balaban J connectivity index is 1.52. The Morgan fingerprint density at radius 1 is 1.23 bits per heavy atom. The lowest BCUT2D eigenvalue weighted by molar-refractivity contribution is 0.575. The van der Waals surface area contributed by atoms with Crippen LogP contribution in [0.3, 0.4) is 0 Å². The first-order valence-corrected chi connectivity index (χ1v) is 10.6. The molecular weight excluding hydrogens is 354 g/mol. The van der Waals surface area contributed by atoms with Gasteiger partial charge in [-0.3, -0.25) is 0 Å². The van der Waals surface area contributed by atoms with Crippen molar-refractivity contribution in [3.05, 3.63) is 29.5 Å². The van der Waals surface area contributed by atoms with Crippen molar-refractivity contribution in [3.8, 4) is 10.8 Å². The minimum absolute atomic E-state index is 0.693. The van der Waals surface area contributed by atoms with E-state index < -0.39 is 0 Å². The molecule has 0 N–H and O–H groups in total. The Bertz CT molecular complexity index is 693. The molecule has 0 radical (unpaired) electrons. The highest BCUT2D eigenvalue weighted by atomic mass is 32.2. The van der Waals surface area contributed by atoms with Gasteiger partial charge in [0.1, 0.15) is 6.26 Å². The highest BCUT2D eigenvalue weighted by Gasteiger charge is 2.10. The number of hydrogen-bond acceptors (Lipinski definition) is 8. The summed E-state index contributed by atoms with van der Waals surface area (Å²) in [4.78, 5) is 5.57. The predicted molar refractivity (Wildman–Crippen MR) is 94.9 cm³/mol. The monoisotopic (exact) mass is 369 g/mol. The lowest BCUT2D eigenvalue weighted by Gasteiger charge is -1.92. The van der Waals surface area contributed by atoms with E-state index in [-0.39, 0.29) is 0 Å². The number of nitrogens with zero attached hydrogens (tertiary/aromatic N) is 3. The van der Waals surface area contributed by atoms with Crippen LogP contribution in [0, 0.1) is 0 Å². The molecule has 0 saturated heterocycles. The maximum atomic E-state index is 5.52. The minimum Gasteiger partial charge on any atom is -0.444 e. The van der Waals surface area contributed by atoms with Crippen LogP contribution in [0.2, 0.25) is 0 Å². The van der Waals surface area contributed by atoms with Crippen molar-refractivity contribution in [2.75, 3.05) is 5.75 Å². The molecule has 0 amide bonds. The van der Waals surface area contributed by atoms with Gasteiger partial charge < -0.3 is 4.42 Å². The maximum absolute atomic E-state index is 5.52. The van der Waals surface area contributed by atoms with Gasteiger partial charge in [0.05, 0.1) is 10.6 Å². The summed E-state index contributed by atoms with van der Waals surface area (Å²) in [7, 11) is 0. The van der Waals surface area contributed by atoms with E-state index in [1.165, 1.54) is 12.8 Å². The van der Waals surface area contributed by atoms with Crippen molar-refractivity contribution in [2.24, 2.45) is 0 Å². The van der Waals surface area contributed by atoms with Crippen LogP contribution in [0.25, 0.3) is 10.8 Å². The molecule has 3 heterocycles. The van der Waals surface area contributed by atoms with Crippen molar-refractivity contribution >= 4 is 46.2 Å². The Morgan fingerprint density at radius 2 is 2.09 bits per heavy atom. The molecule has 0 unspecified atom stereocenters. The topological polar surface area (TPSA) is 51.8 Å². The van der Waals surface area contributed by atoms with Crippen LogP contribution in [0.1, 0.15) is 25.5 Å². The van der Waals surface area contributed by atoms with Crippen molar-refractivity contribution in [1.82, 2.24) is 15.2 Å². The molecule has 0 atom stereocenters. The average Bonchev–Trinajstić information content (AvgIpc) is 3.26. The number of hydrogen-bond donors (Lipinski definition) is 0. The number of oxazole rings is 1. The molecule has 0 fully saturated rings. The summed E-state index contributed by atoms with van der Waals surface area (Å²) in [6, 6.07) is 4.01. The highest BCUT2D eigenvalue weighted by Crippen LogP contribution is 2.31. The molecule has 4 nitrogen and oxygen atoms in total. The summed E-state index contributed by atoms with van der Waals surface area (Å²) < 4.78 is 7.55. The Hall–Kier alpha value is -0.830. The third-order valence-electron chi connectivity index (χ3n) is 2.74. The van der Waals surface area contributed by atoms with Gasteiger partial charge in [-0.05, 0) is 17.9 Å². The van der Waals surface area contributed by atoms with E-state index in [1.807, 2.05) is 17.5 Å². The molecular formula is C14H15N3OS4. The molecule has 0 aliphatic carbocycles. The summed E-state index contributed by atoms with van der Waals surface area (Å²) in [5.41, 5.74) is 0.934. The molecule has 22 heavy (non-hydrogen) atoms. The van der Waals surface area contributed by atoms with Crippen LogP contribution in [0.15, 0.2) is 36.9 Å². The summed E-state index contributed by atoms with van der Waals surface area (Å²) in [5.74, 6) is 2.56. The van der Waals surface area contributed by atoms with E-state index in [0.717, 1.165) is 30.8 Å². The third kappa shape index (κ3) is 4.34. The molecule has 0 aliphatic heterocycles. The van der Waals surface area contributed by atoms with Gasteiger partial charge >= 0.3 is 0 Å². The van der Waals surface area contributed by atoms with Gasteiger partial charge in [-0.15, -0.1) is 21.5 Å². The Morgan fingerprint density at radius 3 is 2.86 bits per heavy atom. The normalized spacial score (nSPS) is 11.1. The van der Waals surface area contributed by atoms with E-state index in [4.69, 9.17) is 4.42 Å². The van der Waals surface area contributed by atoms with E-state index in [2.05, 4.69) is 22.1 Å². The quantitative estimate of drug-likeness (QED) is 0.389. The number of aromatic nitrogens is 3. The van der Waals surface area contributed by atoms with Crippen LogP contribution >= 0.6 is 46.2 Å². The highest BCUT2D eigenvalue weighted by molar-refractivity contribution is 8.02. The standard InChI is InChI=1S/C14H15N3OS4/c1-2-3-6-20-13-16-17-14(22-13)21-9-10-8-18-12(15-10)11-5-4-7-19-11/h4-5,7-8H,2-3,6,9H2,1H3. The van der Waals surface area contributed by atoms with E-state index in [9.17, 15) is 0 Å². The van der Waals surface area contributed by atoms with Gasteiger partial charge in [0, 0.05) is 11.5 Å². The fourth-order valence-corrected chi connectivity index (χ4v) is 5.35. The molecule has 0 aromatic carbocycles. The van der Waals surface area contributed by atoms with Crippen LogP contribution in [0.5, 0.6) is 0 Å². The Labute approximate surface area is 145 Å². The minimum atomic E-state index is 0.693. The van der Waals surface area contributed by atoms with Crippen LogP contribution in [-0.2, 0) is 5.75 Å². The average molecular weight is 370 g/mol. The van der Waals surface area contributed by atoms with Gasteiger partial charge in [0.25, 0.3) is 0 Å². The number of unbranched alkanes of at least 4 members (excludes halogenated alkanes) is 1. The smallest absolute Gasteiger partial charge is 0.236 e. The number of thioether (sulfide) groups is 2. The zero-order valence-electron chi connectivity index (χ0n) is 12.0. The molecule has 0 spiro atoms. The SMILES string of the molecule is CCCCSc1nnc(SCc2coc(-c3cccs3)n2)s1. The first-order chi connectivity index (χ1) is 10.8. The van der Waals surface area contributed by atoms with Gasteiger partial charge in [-0.25, -0.2) is 4.98 Å². The van der Waals surface area contributed by atoms with Crippen molar-refractivity contribution in [3.63, 3.8) is 0 Å². The second kappa shape index (κ2) is 8.14. The molecule has 3 aromatic rings. The van der Waals surface area contributed by atoms with Crippen molar-refractivity contribution in [1.29, 1.82) is 0 Å². The lowest BCUT2D eigenvalue weighted by Crippen LogP contribution is -1.80. The van der Waals surface area contributed by atoms with Crippen molar-refractivity contribution in [2.45, 2.75) is 34.2 Å². The molecule has 3 rings (SSSR count). The lowest BCUT2D eigenvalue weighted by atomic mass is 10.4. The maximum Gasteiger partial charge on any atom is 0.236 e. The second-order valence-corrected chi connectivity index (χ2v) is 8.94. The third-order valence-corrected chi connectivity index (χ3v) is 6.91. The summed E-state index contributed by atoms with van der Waals surface area (Å²) in [6.45, 7) is 2.20. The van der Waals surface area contributed by atoms with Gasteiger partial charge in [-0.2, -0.15) is 0 Å². The van der Waals surface area contributed by atoms with Gasteiger partial charge in [0.2, 0.25) is 5.89 Å². The summed E-state index contributed by atoms with van der Waals surface area (Å²) >= 11 is 6.73. The predicted octanol–water partition coefficient (Wildman–Crippen LogP) is 5.44. The first kappa shape index (κ1) is 16.0. The molecule has 3 aromatic heterocycles. The number of rotatable bonds is 8. The van der Waals surface area contributed by atoms with E-state index in [1.54, 1.807) is 52.5 Å². The first-order valence-electron chi connectivity index (χ1n) is 6.92. The number of thiophene rings is 1. The van der Waals surface area contributed by atoms with Crippen LogP contribution in [-0.4, -0.2) is 20.9 Å². The zero-order chi connectivity index (χ0) is 15.2. The fourth-order valence-electron chi connectivity index (χ4n) is 1.64.